The molecule has 0 radical (unpaired) electrons. The van der Waals surface area contributed by atoms with Crippen molar-refractivity contribution in [3.8, 4) is 0 Å². The number of anilines is 1. The van der Waals surface area contributed by atoms with Crippen molar-refractivity contribution in [3.05, 3.63) is 99.3 Å². The van der Waals surface area contributed by atoms with Crippen LogP contribution in [0.4, 0.5) is 9.52 Å². The molecule has 0 spiro atoms. The van der Waals surface area contributed by atoms with Gasteiger partial charge < -0.3 is 5.11 Å². The van der Waals surface area contributed by atoms with Crippen LogP contribution >= 0.6 is 34.5 Å². The molecule has 1 unspecified atom stereocenters. The lowest BCUT2D eigenvalue weighted by molar-refractivity contribution is -0.132. The van der Waals surface area contributed by atoms with Crippen molar-refractivity contribution < 1.29 is 19.1 Å². The Bertz CT molecular complexity index is 1470. The molecule has 1 atom stereocenters. The Labute approximate surface area is 201 Å². The zero-order valence-electron chi connectivity index (χ0n) is 16.6. The molecule has 9 heteroatoms. The van der Waals surface area contributed by atoms with Gasteiger partial charge in [0.2, 0.25) is 0 Å². The van der Waals surface area contributed by atoms with Crippen molar-refractivity contribution >= 4 is 67.3 Å². The van der Waals surface area contributed by atoms with Gasteiger partial charge in [0.15, 0.2) is 5.13 Å². The number of carbonyl (C=O) groups excluding carboxylic acids is 2. The second-order valence-electron chi connectivity index (χ2n) is 7.34. The van der Waals surface area contributed by atoms with E-state index >= 15 is 0 Å². The molecular weight excluding hydrogens is 486 g/mol. The summed E-state index contributed by atoms with van der Waals surface area (Å²) in [5.41, 5.74) is 1.20. The minimum atomic E-state index is -0.982. The Hall–Kier alpha value is -3.26. The molecule has 1 aliphatic heterocycles. The predicted octanol–water partition coefficient (Wildman–Crippen LogP) is 6.37. The number of aliphatic hydroxyl groups is 1. The van der Waals surface area contributed by atoms with E-state index in [2.05, 4.69) is 4.98 Å². The highest BCUT2D eigenvalue weighted by molar-refractivity contribution is 7.22. The van der Waals surface area contributed by atoms with Crippen molar-refractivity contribution in [2.45, 2.75) is 6.04 Å². The number of Topliss-reactive ketones (excluding diaryl/α,β-unsaturated/α-hetero) is 1. The lowest BCUT2D eigenvalue weighted by Gasteiger charge is -2.23. The number of hydrogen-bond acceptors (Lipinski definition) is 5. The van der Waals surface area contributed by atoms with Crippen LogP contribution in [0.5, 0.6) is 0 Å². The molecule has 5 nitrogen and oxygen atoms in total. The zero-order chi connectivity index (χ0) is 23.3. The number of thiazole rings is 1. The molecule has 1 saturated heterocycles. The molecule has 33 heavy (non-hydrogen) atoms. The molecule has 0 aliphatic carbocycles. The van der Waals surface area contributed by atoms with Crippen LogP contribution in [0.1, 0.15) is 17.2 Å². The lowest BCUT2D eigenvalue weighted by atomic mass is 9.95. The fourth-order valence-corrected chi connectivity index (χ4v) is 5.24. The summed E-state index contributed by atoms with van der Waals surface area (Å²) in [6.45, 7) is 0. The van der Waals surface area contributed by atoms with Gasteiger partial charge >= 0.3 is 5.91 Å². The molecule has 1 amide bonds. The van der Waals surface area contributed by atoms with Gasteiger partial charge in [-0.2, -0.15) is 0 Å². The van der Waals surface area contributed by atoms with Crippen LogP contribution in [0, 0.1) is 5.82 Å². The van der Waals surface area contributed by atoms with Gasteiger partial charge in [-0.15, -0.1) is 0 Å². The topological polar surface area (TPSA) is 70.5 Å². The number of rotatable bonds is 3. The van der Waals surface area contributed by atoms with Crippen LogP contribution in [0.3, 0.4) is 0 Å². The fourth-order valence-electron chi connectivity index (χ4n) is 3.77. The minimum Gasteiger partial charge on any atom is -0.507 e. The molecule has 0 saturated carbocycles. The highest BCUT2D eigenvalue weighted by Gasteiger charge is 2.48. The third kappa shape index (κ3) is 3.78. The normalized spacial score (nSPS) is 17.8. The Kier molecular flexibility index (Phi) is 5.40. The van der Waals surface area contributed by atoms with Gasteiger partial charge in [0.25, 0.3) is 5.78 Å². The monoisotopic (exact) mass is 498 g/mol. The largest absolute Gasteiger partial charge is 0.507 e. The smallest absolute Gasteiger partial charge is 0.301 e. The molecule has 164 valence electrons. The number of aromatic nitrogens is 1. The SMILES string of the molecule is O=C1C(=O)N(c2nc3ccc(Cl)cc3s2)C(c2cccc(Cl)c2)/C1=C(\O)c1ccc(F)cc1. The first-order valence-electron chi connectivity index (χ1n) is 9.72. The van der Waals surface area contributed by atoms with E-state index < -0.39 is 29.3 Å². The first kappa shape index (κ1) is 21.6. The highest BCUT2D eigenvalue weighted by atomic mass is 35.5. The third-order valence-corrected chi connectivity index (χ3v) is 6.76. The van der Waals surface area contributed by atoms with Crippen LogP contribution in [0.2, 0.25) is 10.0 Å². The number of halogens is 3. The van der Waals surface area contributed by atoms with Gasteiger partial charge in [-0.1, -0.05) is 46.7 Å². The number of carbonyl (C=O) groups is 2. The number of benzene rings is 3. The molecule has 0 bridgehead atoms. The molecule has 1 aromatic heterocycles. The summed E-state index contributed by atoms with van der Waals surface area (Å²) in [6, 6.07) is 15.8. The van der Waals surface area contributed by atoms with Gasteiger partial charge in [0.1, 0.15) is 11.6 Å². The lowest BCUT2D eigenvalue weighted by Crippen LogP contribution is -2.29. The molecule has 3 aromatic carbocycles. The second kappa shape index (κ2) is 8.26. The quantitative estimate of drug-likeness (QED) is 0.202. The summed E-state index contributed by atoms with van der Waals surface area (Å²) in [5, 5.41) is 12.2. The van der Waals surface area contributed by atoms with Crippen molar-refractivity contribution in [3.63, 3.8) is 0 Å². The van der Waals surface area contributed by atoms with E-state index in [1.165, 1.54) is 28.4 Å². The Morgan fingerprint density at radius 2 is 1.73 bits per heavy atom. The maximum Gasteiger partial charge on any atom is 0.301 e. The standard InChI is InChI=1S/C24H13Cl2FN2O3S/c25-14-3-1-2-13(10-14)20-19(21(30)12-4-7-16(27)8-5-12)22(31)23(32)29(20)24-28-17-9-6-15(26)11-18(17)33-24/h1-11,20,30H/b21-19+. The second-order valence-corrected chi connectivity index (χ2v) is 9.22. The molecule has 4 aromatic rings. The van der Waals surface area contributed by atoms with Gasteiger partial charge in [-0.05, 0) is 60.2 Å². The minimum absolute atomic E-state index is 0.133. The number of nitrogens with zero attached hydrogens (tertiary/aromatic N) is 2. The van der Waals surface area contributed by atoms with Crippen molar-refractivity contribution in [1.82, 2.24) is 4.98 Å². The van der Waals surface area contributed by atoms with Gasteiger partial charge in [0, 0.05) is 15.6 Å². The van der Waals surface area contributed by atoms with Crippen LogP contribution in [-0.2, 0) is 9.59 Å². The van der Waals surface area contributed by atoms with Gasteiger partial charge in [-0.3, -0.25) is 14.5 Å². The Balaban J connectivity index is 1.74. The number of aliphatic hydroxyl groups excluding tert-OH is 1. The van der Waals surface area contributed by atoms with Crippen molar-refractivity contribution in [2.75, 3.05) is 4.90 Å². The number of ketones is 1. The van der Waals surface area contributed by atoms with E-state index in [1.54, 1.807) is 42.5 Å². The molecule has 1 aliphatic rings. The van der Waals surface area contributed by atoms with E-state index in [-0.39, 0.29) is 16.3 Å². The summed E-state index contributed by atoms with van der Waals surface area (Å²) >= 11 is 13.5. The van der Waals surface area contributed by atoms with Crippen LogP contribution in [0.25, 0.3) is 16.0 Å². The van der Waals surface area contributed by atoms with Crippen LogP contribution in [-0.4, -0.2) is 21.8 Å². The van der Waals surface area contributed by atoms with Crippen molar-refractivity contribution in [1.29, 1.82) is 0 Å². The molecule has 1 N–H and O–H groups in total. The van der Waals surface area contributed by atoms with E-state index in [0.29, 0.717) is 21.1 Å². The van der Waals surface area contributed by atoms with E-state index in [4.69, 9.17) is 23.2 Å². The number of fused-ring (bicyclic) bond motifs is 1. The van der Waals surface area contributed by atoms with E-state index in [0.717, 1.165) is 16.8 Å². The van der Waals surface area contributed by atoms with Crippen LogP contribution < -0.4 is 4.90 Å². The molecule has 1 fully saturated rings. The number of amides is 1. The summed E-state index contributed by atoms with van der Waals surface area (Å²) in [5.74, 6) is -2.62. The maximum absolute atomic E-state index is 13.4. The average molecular weight is 499 g/mol. The molecule has 5 rings (SSSR count). The fraction of sp³-hybridized carbons (Fsp3) is 0.0417. The first-order valence-corrected chi connectivity index (χ1v) is 11.3. The predicted molar refractivity (Wildman–Crippen MR) is 127 cm³/mol. The third-order valence-electron chi connectivity index (χ3n) is 5.27. The Morgan fingerprint density at radius 3 is 2.45 bits per heavy atom. The number of hydrogen-bond donors (Lipinski definition) is 1. The van der Waals surface area contributed by atoms with Gasteiger partial charge in [0.05, 0.1) is 21.8 Å². The molecular formula is C24H13Cl2FN2O3S. The molecule has 2 heterocycles. The van der Waals surface area contributed by atoms with Crippen LogP contribution in [0.15, 0.2) is 72.3 Å². The summed E-state index contributed by atoms with van der Waals surface area (Å²) in [4.78, 5) is 32.1. The Morgan fingerprint density at radius 1 is 1.00 bits per heavy atom. The van der Waals surface area contributed by atoms with Crippen molar-refractivity contribution in [2.24, 2.45) is 0 Å². The summed E-state index contributed by atoms with van der Waals surface area (Å²) in [6.07, 6.45) is 0. The highest BCUT2D eigenvalue weighted by Crippen LogP contribution is 2.44. The van der Waals surface area contributed by atoms with Gasteiger partial charge in [-0.25, -0.2) is 9.37 Å². The first-order chi connectivity index (χ1) is 15.8. The van der Waals surface area contributed by atoms with E-state index in [9.17, 15) is 19.1 Å². The zero-order valence-corrected chi connectivity index (χ0v) is 19.0. The average Bonchev–Trinajstić information content (AvgIpc) is 3.32. The maximum atomic E-state index is 13.4. The summed E-state index contributed by atoms with van der Waals surface area (Å²) < 4.78 is 14.1. The summed E-state index contributed by atoms with van der Waals surface area (Å²) in [7, 11) is 0. The van der Waals surface area contributed by atoms with E-state index in [1.807, 2.05) is 0 Å².